The molecule has 1 aromatic heterocycles. The molecule has 2 aliphatic heterocycles. The fourth-order valence-electron chi connectivity index (χ4n) is 4.40. The molecule has 1 saturated heterocycles. The first-order valence-corrected chi connectivity index (χ1v) is 9.27. The Balaban J connectivity index is 1.68. The van der Waals surface area contributed by atoms with E-state index in [0.717, 1.165) is 18.9 Å². The van der Waals surface area contributed by atoms with E-state index in [9.17, 15) is 0 Å². The largest absolute Gasteiger partial charge is 0.344 e. The Bertz CT molecular complexity index is 694. The number of rotatable bonds is 3. The van der Waals surface area contributed by atoms with Crippen LogP contribution >= 0.6 is 0 Å². The van der Waals surface area contributed by atoms with Crippen LogP contribution in [-0.4, -0.2) is 23.7 Å². The zero-order valence-electron chi connectivity index (χ0n) is 14.5. The number of piperidine rings is 1. The van der Waals surface area contributed by atoms with Gasteiger partial charge in [-0.2, -0.15) is 0 Å². The zero-order chi connectivity index (χ0) is 15.8. The van der Waals surface area contributed by atoms with E-state index in [0.29, 0.717) is 6.04 Å². The SMILES string of the molecule is Cc1ccc2c(c1)c1c(n2CCC2CCNCC2)CC(C)NC1. The molecule has 0 aliphatic carbocycles. The van der Waals surface area contributed by atoms with Crippen molar-refractivity contribution in [3.8, 4) is 0 Å². The summed E-state index contributed by atoms with van der Waals surface area (Å²) >= 11 is 0. The van der Waals surface area contributed by atoms with Crippen molar-refractivity contribution in [2.75, 3.05) is 13.1 Å². The van der Waals surface area contributed by atoms with E-state index in [1.54, 1.807) is 11.3 Å². The van der Waals surface area contributed by atoms with Gasteiger partial charge in [-0.3, -0.25) is 0 Å². The molecule has 2 N–H and O–H groups in total. The highest BCUT2D eigenvalue weighted by molar-refractivity contribution is 5.86. The maximum Gasteiger partial charge on any atom is 0.0486 e. The molecule has 1 aromatic carbocycles. The molecule has 23 heavy (non-hydrogen) atoms. The van der Waals surface area contributed by atoms with Gasteiger partial charge < -0.3 is 15.2 Å². The predicted molar refractivity (Wildman–Crippen MR) is 96.9 cm³/mol. The number of hydrogen-bond donors (Lipinski definition) is 2. The first kappa shape index (κ1) is 15.2. The first-order valence-electron chi connectivity index (χ1n) is 9.27. The molecule has 3 heterocycles. The average Bonchev–Trinajstić information content (AvgIpc) is 2.86. The molecule has 3 heteroatoms. The fraction of sp³-hybridized carbons (Fsp3) is 0.600. The number of aromatic nitrogens is 1. The van der Waals surface area contributed by atoms with Crippen molar-refractivity contribution in [2.24, 2.45) is 5.92 Å². The molecular weight excluding hydrogens is 282 g/mol. The summed E-state index contributed by atoms with van der Waals surface area (Å²) in [6.45, 7) is 9.13. The van der Waals surface area contributed by atoms with E-state index in [1.807, 2.05) is 0 Å². The topological polar surface area (TPSA) is 29.0 Å². The van der Waals surface area contributed by atoms with Crippen LogP contribution in [-0.2, 0) is 19.5 Å². The summed E-state index contributed by atoms with van der Waals surface area (Å²) in [5.74, 6) is 0.897. The second kappa shape index (κ2) is 6.29. The van der Waals surface area contributed by atoms with Crippen LogP contribution in [0.4, 0.5) is 0 Å². The number of nitrogens with one attached hydrogen (secondary N) is 2. The van der Waals surface area contributed by atoms with Crippen molar-refractivity contribution in [3.05, 3.63) is 35.0 Å². The van der Waals surface area contributed by atoms with E-state index in [1.165, 1.54) is 55.4 Å². The van der Waals surface area contributed by atoms with Crippen LogP contribution in [0.15, 0.2) is 18.2 Å². The second-order valence-corrected chi connectivity index (χ2v) is 7.57. The highest BCUT2D eigenvalue weighted by Gasteiger charge is 2.23. The number of nitrogens with zero attached hydrogens (tertiary/aromatic N) is 1. The Hall–Kier alpha value is -1.32. The molecule has 124 valence electrons. The van der Waals surface area contributed by atoms with Gasteiger partial charge in [0.1, 0.15) is 0 Å². The molecule has 2 aliphatic rings. The number of benzene rings is 1. The quantitative estimate of drug-likeness (QED) is 0.910. The van der Waals surface area contributed by atoms with Gasteiger partial charge in [0.25, 0.3) is 0 Å². The van der Waals surface area contributed by atoms with E-state index < -0.39 is 0 Å². The van der Waals surface area contributed by atoms with Gasteiger partial charge in [-0.15, -0.1) is 0 Å². The molecule has 0 saturated carbocycles. The minimum absolute atomic E-state index is 0.588. The maximum atomic E-state index is 3.65. The summed E-state index contributed by atoms with van der Waals surface area (Å²) in [6.07, 6.45) is 5.18. The zero-order valence-corrected chi connectivity index (χ0v) is 14.5. The highest BCUT2D eigenvalue weighted by Crippen LogP contribution is 2.31. The third kappa shape index (κ3) is 2.92. The Morgan fingerprint density at radius 2 is 2.04 bits per heavy atom. The summed E-state index contributed by atoms with van der Waals surface area (Å²) in [5.41, 5.74) is 5.96. The van der Waals surface area contributed by atoms with Crippen LogP contribution in [0, 0.1) is 12.8 Å². The first-order chi connectivity index (χ1) is 11.2. The molecule has 2 aromatic rings. The number of fused-ring (bicyclic) bond motifs is 3. The monoisotopic (exact) mass is 311 g/mol. The second-order valence-electron chi connectivity index (χ2n) is 7.57. The normalized spacial score (nSPS) is 22.4. The van der Waals surface area contributed by atoms with Crippen LogP contribution < -0.4 is 10.6 Å². The van der Waals surface area contributed by atoms with Gasteiger partial charge in [-0.05, 0) is 69.8 Å². The van der Waals surface area contributed by atoms with Gasteiger partial charge in [0.05, 0.1) is 0 Å². The summed E-state index contributed by atoms with van der Waals surface area (Å²) in [6, 6.07) is 7.58. The Kier molecular flexibility index (Phi) is 4.16. The lowest BCUT2D eigenvalue weighted by atomic mass is 9.94. The minimum atomic E-state index is 0.588. The lowest BCUT2D eigenvalue weighted by Crippen LogP contribution is -2.33. The van der Waals surface area contributed by atoms with E-state index >= 15 is 0 Å². The number of hydrogen-bond acceptors (Lipinski definition) is 2. The molecular formula is C20H29N3. The molecule has 1 fully saturated rings. The van der Waals surface area contributed by atoms with Crippen molar-refractivity contribution in [1.29, 1.82) is 0 Å². The molecule has 0 bridgehead atoms. The van der Waals surface area contributed by atoms with Crippen LogP contribution in [0.2, 0.25) is 0 Å². The van der Waals surface area contributed by atoms with Crippen LogP contribution in [0.1, 0.15) is 43.0 Å². The molecule has 3 nitrogen and oxygen atoms in total. The Morgan fingerprint density at radius 3 is 2.87 bits per heavy atom. The summed E-state index contributed by atoms with van der Waals surface area (Å²) in [7, 11) is 0. The van der Waals surface area contributed by atoms with Crippen molar-refractivity contribution >= 4 is 10.9 Å². The third-order valence-corrected chi connectivity index (χ3v) is 5.79. The molecule has 4 rings (SSSR count). The Labute approximate surface area is 139 Å². The van der Waals surface area contributed by atoms with Gasteiger partial charge in [0, 0.05) is 42.1 Å². The minimum Gasteiger partial charge on any atom is -0.344 e. The van der Waals surface area contributed by atoms with E-state index in [4.69, 9.17) is 0 Å². The number of aryl methyl sites for hydroxylation is 2. The molecule has 0 radical (unpaired) electrons. The third-order valence-electron chi connectivity index (χ3n) is 5.79. The molecule has 1 atom stereocenters. The van der Waals surface area contributed by atoms with Gasteiger partial charge in [0.15, 0.2) is 0 Å². The predicted octanol–water partition coefficient (Wildman–Crippen LogP) is 3.37. The van der Waals surface area contributed by atoms with E-state index in [-0.39, 0.29) is 0 Å². The molecule has 1 unspecified atom stereocenters. The lowest BCUT2D eigenvalue weighted by Gasteiger charge is -2.25. The molecule has 0 amide bonds. The van der Waals surface area contributed by atoms with Gasteiger partial charge >= 0.3 is 0 Å². The van der Waals surface area contributed by atoms with Crippen LogP contribution in [0.3, 0.4) is 0 Å². The highest BCUT2D eigenvalue weighted by atomic mass is 15.0. The van der Waals surface area contributed by atoms with Gasteiger partial charge in [0.2, 0.25) is 0 Å². The standard InChI is InChI=1S/C20H29N3/c1-14-3-4-19-17(11-14)18-13-22-15(2)12-20(18)23(19)10-7-16-5-8-21-9-6-16/h3-4,11,15-16,21-22H,5-10,12-13H2,1-2H3. The maximum absolute atomic E-state index is 3.65. The van der Waals surface area contributed by atoms with Crippen molar-refractivity contribution in [3.63, 3.8) is 0 Å². The van der Waals surface area contributed by atoms with Crippen molar-refractivity contribution < 1.29 is 0 Å². The molecule has 0 spiro atoms. The fourth-order valence-corrected chi connectivity index (χ4v) is 4.40. The van der Waals surface area contributed by atoms with Crippen molar-refractivity contribution in [1.82, 2.24) is 15.2 Å². The lowest BCUT2D eigenvalue weighted by molar-refractivity contribution is 0.336. The summed E-state index contributed by atoms with van der Waals surface area (Å²) in [4.78, 5) is 0. The van der Waals surface area contributed by atoms with E-state index in [2.05, 4.69) is 47.2 Å². The van der Waals surface area contributed by atoms with Crippen LogP contribution in [0.5, 0.6) is 0 Å². The van der Waals surface area contributed by atoms with Crippen molar-refractivity contribution in [2.45, 2.75) is 58.7 Å². The van der Waals surface area contributed by atoms with Gasteiger partial charge in [-0.1, -0.05) is 11.6 Å². The summed E-state index contributed by atoms with van der Waals surface area (Å²) in [5, 5.41) is 8.61. The smallest absolute Gasteiger partial charge is 0.0486 e. The average molecular weight is 311 g/mol. The summed E-state index contributed by atoms with van der Waals surface area (Å²) < 4.78 is 2.64. The Morgan fingerprint density at radius 1 is 1.22 bits per heavy atom. The van der Waals surface area contributed by atoms with Crippen LogP contribution in [0.25, 0.3) is 10.9 Å². The van der Waals surface area contributed by atoms with Gasteiger partial charge in [-0.25, -0.2) is 0 Å².